The van der Waals surface area contributed by atoms with Crippen LogP contribution in [-0.2, 0) is 21.5 Å². The predicted octanol–water partition coefficient (Wildman–Crippen LogP) is 3.76. The molecule has 2 aromatic rings. The van der Waals surface area contributed by atoms with E-state index in [-0.39, 0.29) is 23.7 Å². The molecule has 0 unspecified atom stereocenters. The van der Waals surface area contributed by atoms with E-state index in [1.165, 1.54) is 12.5 Å². The number of nitrogens with one attached hydrogen (secondary N) is 1. The van der Waals surface area contributed by atoms with Crippen LogP contribution in [0, 0.1) is 0 Å². The van der Waals surface area contributed by atoms with Gasteiger partial charge in [-0.25, -0.2) is 0 Å². The zero-order valence-electron chi connectivity index (χ0n) is 16.0. The Morgan fingerprint density at radius 2 is 1.81 bits per heavy atom. The van der Waals surface area contributed by atoms with E-state index in [9.17, 15) is 9.59 Å². The molecular weight excluding hydrogens is 326 g/mol. The number of carbonyl (C=O) groups excluding carboxylic acids is 2. The fraction of sp³-hybridized carbons (Fsp3) is 0.381. The second-order valence-electron chi connectivity index (χ2n) is 7.43. The van der Waals surface area contributed by atoms with Crippen molar-refractivity contribution >= 4 is 17.5 Å². The Balaban J connectivity index is 1.89. The van der Waals surface area contributed by atoms with Crippen molar-refractivity contribution < 1.29 is 9.59 Å². The maximum absolute atomic E-state index is 12.2. The van der Waals surface area contributed by atoms with Gasteiger partial charge in [0, 0.05) is 44.5 Å². The number of amides is 2. The van der Waals surface area contributed by atoms with E-state index in [0.717, 1.165) is 11.3 Å². The Morgan fingerprint density at radius 1 is 1.12 bits per heavy atom. The molecule has 1 aromatic carbocycles. The van der Waals surface area contributed by atoms with Crippen LogP contribution in [0.2, 0.25) is 0 Å². The molecule has 0 spiro atoms. The average molecular weight is 353 g/mol. The summed E-state index contributed by atoms with van der Waals surface area (Å²) in [6, 6.07) is 11.6. The van der Waals surface area contributed by atoms with Gasteiger partial charge in [-0.2, -0.15) is 0 Å². The lowest BCUT2D eigenvalue weighted by molar-refractivity contribution is -0.129. The first kappa shape index (κ1) is 19.6. The number of hydrogen-bond acceptors (Lipinski definition) is 3. The Hall–Kier alpha value is -2.69. The number of benzene rings is 1. The highest BCUT2D eigenvalue weighted by Crippen LogP contribution is 2.23. The number of rotatable bonds is 6. The molecule has 0 aliphatic carbocycles. The minimum absolute atomic E-state index is 0.0591. The largest absolute Gasteiger partial charge is 0.338 e. The van der Waals surface area contributed by atoms with Crippen molar-refractivity contribution in [2.75, 3.05) is 11.9 Å². The molecule has 5 heteroatoms. The highest BCUT2D eigenvalue weighted by atomic mass is 16.2. The lowest BCUT2D eigenvalue weighted by Crippen LogP contribution is -2.31. The number of nitrogens with zero attached hydrogens (tertiary/aromatic N) is 2. The van der Waals surface area contributed by atoms with Crippen molar-refractivity contribution in [3.8, 4) is 0 Å². The van der Waals surface area contributed by atoms with Crippen LogP contribution >= 0.6 is 0 Å². The van der Waals surface area contributed by atoms with Crippen molar-refractivity contribution in [2.45, 2.75) is 46.1 Å². The predicted molar refractivity (Wildman–Crippen MR) is 104 cm³/mol. The van der Waals surface area contributed by atoms with Gasteiger partial charge in [-0.05, 0) is 34.7 Å². The number of hydrogen-bond donors (Lipinski definition) is 1. The minimum Gasteiger partial charge on any atom is -0.338 e. The van der Waals surface area contributed by atoms with E-state index >= 15 is 0 Å². The number of aromatic nitrogens is 1. The van der Waals surface area contributed by atoms with Gasteiger partial charge in [-0.3, -0.25) is 14.6 Å². The average Bonchev–Trinajstić information content (AvgIpc) is 2.59. The summed E-state index contributed by atoms with van der Waals surface area (Å²) in [6.45, 7) is 8.80. The lowest BCUT2D eigenvalue weighted by atomic mass is 9.87. The van der Waals surface area contributed by atoms with Crippen molar-refractivity contribution in [2.24, 2.45) is 0 Å². The van der Waals surface area contributed by atoms with Gasteiger partial charge in [0.05, 0.1) is 0 Å². The van der Waals surface area contributed by atoms with Crippen LogP contribution in [0.15, 0.2) is 48.8 Å². The summed E-state index contributed by atoms with van der Waals surface area (Å²) in [5, 5.41) is 2.89. The molecule has 138 valence electrons. The highest BCUT2D eigenvalue weighted by Gasteiger charge is 2.14. The first-order valence-corrected chi connectivity index (χ1v) is 8.80. The van der Waals surface area contributed by atoms with Crippen molar-refractivity contribution in [1.82, 2.24) is 9.88 Å². The second kappa shape index (κ2) is 8.61. The fourth-order valence-electron chi connectivity index (χ4n) is 2.57. The smallest absolute Gasteiger partial charge is 0.226 e. The third-order valence-electron chi connectivity index (χ3n) is 4.19. The fourth-order valence-corrected chi connectivity index (χ4v) is 2.57. The van der Waals surface area contributed by atoms with Gasteiger partial charge < -0.3 is 10.2 Å². The molecule has 0 bridgehead atoms. The lowest BCUT2D eigenvalue weighted by Gasteiger charge is -2.21. The number of anilines is 1. The molecule has 1 heterocycles. The topological polar surface area (TPSA) is 62.3 Å². The molecule has 0 radical (unpaired) electrons. The Labute approximate surface area is 155 Å². The van der Waals surface area contributed by atoms with Gasteiger partial charge in [0.25, 0.3) is 0 Å². The zero-order valence-corrected chi connectivity index (χ0v) is 16.0. The molecule has 0 fully saturated rings. The molecule has 26 heavy (non-hydrogen) atoms. The molecule has 5 nitrogen and oxygen atoms in total. The van der Waals surface area contributed by atoms with Crippen LogP contribution in [-0.4, -0.2) is 28.2 Å². The standard InChI is InChI=1S/C21H27N3O2/c1-16(25)24(15-17-6-5-12-22-14-17)13-11-20(26)23-19-9-7-18(8-10-19)21(2,3)4/h5-10,12,14H,11,13,15H2,1-4H3,(H,23,26). The number of carbonyl (C=O) groups is 2. The minimum atomic E-state index is -0.106. The van der Waals surface area contributed by atoms with E-state index in [1.807, 2.05) is 36.4 Å². The molecule has 0 saturated carbocycles. The maximum Gasteiger partial charge on any atom is 0.226 e. The maximum atomic E-state index is 12.2. The zero-order chi connectivity index (χ0) is 19.2. The summed E-state index contributed by atoms with van der Waals surface area (Å²) in [4.78, 5) is 29.7. The van der Waals surface area contributed by atoms with Crippen molar-refractivity contribution in [1.29, 1.82) is 0 Å². The molecule has 1 N–H and O–H groups in total. The van der Waals surface area contributed by atoms with Gasteiger partial charge in [0.15, 0.2) is 0 Å². The van der Waals surface area contributed by atoms with Gasteiger partial charge in [-0.1, -0.05) is 39.0 Å². The molecular formula is C21H27N3O2. The molecule has 0 atom stereocenters. The monoisotopic (exact) mass is 353 g/mol. The van der Waals surface area contributed by atoms with Gasteiger partial charge in [0.1, 0.15) is 0 Å². The van der Waals surface area contributed by atoms with Crippen LogP contribution in [0.25, 0.3) is 0 Å². The molecule has 0 aliphatic heterocycles. The molecule has 0 aliphatic rings. The normalized spacial score (nSPS) is 11.1. The Morgan fingerprint density at radius 3 is 2.35 bits per heavy atom. The first-order chi connectivity index (χ1) is 12.3. The molecule has 0 saturated heterocycles. The van der Waals surface area contributed by atoms with Crippen LogP contribution in [0.1, 0.15) is 45.2 Å². The molecule has 1 aromatic heterocycles. The third kappa shape index (κ3) is 5.99. The SMILES string of the molecule is CC(=O)N(CCC(=O)Nc1ccc(C(C)(C)C)cc1)Cc1cccnc1. The Kier molecular flexibility index (Phi) is 6.50. The van der Waals surface area contributed by atoms with E-state index in [4.69, 9.17) is 0 Å². The van der Waals surface area contributed by atoms with Crippen LogP contribution in [0.4, 0.5) is 5.69 Å². The number of pyridine rings is 1. The van der Waals surface area contributed by atoms with Crippen molar-refractivity contribution in [3.05, 3.63) is 59.9 Å². The van der Waals surface area contributed by atoms with Crippen LogP contribution in [0.3, 0.4) is 0 Å². The van der Waals surface area contributed by atoms with E-state index in [2.05, 4.69) is 31.1 Å². The Bertz CT molecular complexity index is 734. The van der Waals surface area contributed by atoms with Gasteiger partial charge in [-0.15, -0.1) is 0 Å². The van der Waals surface area contributed by atoms with Gasteiger partial charge >= 0.3 is 0 Å². The molecule has 2 amide bonds. The van der Waals surface area contributed by atoms with E-state index < -0.39 is 0 Å². The summed E-state index contributed by atoms with van der Waals surface area (Å²) in [7, 11) is 0. The summed E-state index contributed by atoms with van der Waals surface area (Å²) < 4.78 is 0. The summed E-state index contributed by atoms with van der Waals surface area (Å²) in [5.74, 6) is -0.165. The third-order valence-corrected chi connectivity index (χ3v) is 4.19. The van der Waals surface area contributed by atoms with Crippen LogP contribution in [0.5, 0.6) is 0 Å². The summed E-state index contributed by atoms with van der Waals surface area (Å²) >= 11 is 0. The summed E-state index contributed by atoms with van der Waals surface area (Å²) in [5.41, 5.74) is 3.01. The van der Waals surface area contributed by atoms with E-state index in [1.54, 1.807) is 17.3 Å². The van der Waals surface area contributed by atoms with E-state index in [0.29, 0.717) is 13.1 Å². The van der Waals surface area contributed by atoms with Crippen LogP contribution < -0.4 is 5.32 Å². The quantitative estimate of drug-likeness (QED) is 0.860. The van der Waals surface area contributed by atoms with Crippen molar-refractivity contribution in [3.63, 3.8) is 0 Å². The van der Waals surface area contributed by atoms with Gasteiger partial charge in [0.2, 0.25) is 11.8 Å². The second-order valence-corrected chi connectivity index (χ2v) is 7.43. The molecule has 2 rings (SSSR count). The first-order valence-electron chi connectivity index (χ1n) is 8.80. The summed E-state index contributed by atoms with van der Waals surface area (Å²) in [6.07, 6.45) is 3.67. The highest BCUT2D eigenvalue weighted by molar-refractivity contribution is 5.91.